The van der Waals surface area contributed by atoms with Gasteiger partial charge < -0.3 is 10.4 Å². The highest BCUT2D eigenvalue weighted by atomic mass is 32.1. The van der Waals surface area contributed by atoms with Crippen molar-refractivity contribution in [3.05, 3.63) is 39.3 Å². The number of nitrogens with one attached hydrogen (secondary N) is 1. The van der Waals surface area contributed by atoms with Gasteiger partial charge in [-0.1, -0.05) is 0 Å². The van der Waals surface area contributed by atoms with Crippen molar-refractivity contribution >= 4 is 17.2 Å². The average molecular weight is 307 g/mol. The SMILES string of the molecule is Cc1nn(C)c(C)c1C(=O)NCC(C)(O)Cc1ccsc1. The van der Waals surface area contributed by atoms with E-state index in [1.807, 2.05) is 37.7 Å². The van der Waals surface area contributed by atoms with Crippen molar-refractivity contribution < 1.29 is 9.90 Å². The third-order valence-corrected chi connectivity index (χ3v) is 4.26. The normalized spacial score (nSPS) is 14.0. The van der Waals surface area contributed by atoms with Gasteiger partial charge in [0, 0.05) is 25.7 Å². The van der Waals surface area contributed by atoms with Crippen LogP contribution in [0.1, 0.15) is 34.2 Å². The lowest BCUT2D eigenvalue weighted by Gasteiger charge is -2.23. The Morgan fingerprint density at radius 2 is 2.24 bits per heavy atom. The molecule has 2 aromatic rings. The lowest BCUT2D eigenvalue weighted by atomic mass is 9.98. The molecule has 0 saturated carbocycles. The van der Waals surface area contributed by atoms with Gasteiger partial charge in [0.25, 0.3) is 5.91 Å². The fourth-order valence-corrected chi connectivity index (χ4v) is 3.03. The molecule has 21 heavy (non-hydrogen) atoms. The first-order valence-electron chi connectivity index (χ1n) is 6.82. The minimum absolute atomic E-state index is 0.191. The molecule has 0 aliphatic heterocycles. The van der Waals surface area contributed by atoms with Crippen molar-refractivity contribution in [1.82, 2.24) is 15.1 Å². The van der Waals surface area contributed by atoms with Crippen molar-refractivity contribution in [3.63, 3.8) is 0 Å². The van der Waals surface area contributed by atoms with Crippen LogP contribution in [0.3, 0.4) is 0 Å². The molecule has 1 amide bonds. The molecule has 0 saturated heterocycles. The third-order valence-electron chi connectivity index (χ3n) is 3.53. The predicted octanol–water partition coefficient (Wildman–Crippen LogP) is 1.82. The van der Waals surface area contributed by atoms with Crippen molar-refractivity contribution in [3.8, 4) is 0 Å². The Morgan fingerprint density at radius 1 is 1.52 bits per heavy atom. The van der Waals surface area contributed by atoms with E-state index in [0.717, 1.165) is 11.3 Å². The second kappa shape index (κ2) is 5.99. The zero-order valence-corrected chi connectivity index (χ0v) is 13.6. The minimum Gasteiger partial charge on any atom is -0.388 e. The van der Waals surface area contributed by atoms with Crippen LogP contribution < -0.4 is 5.32 Å². The van der Waals surface area contributed by atoms with Crippen LogP contribution in [0.15, 0.2) is 16.8 Å². The van der Waals surface area contributed by atoms with E-state index in [0.29, 0.717) is 17.7 Å². The van der Waals surface area contributed by atoms with Crippen LogP contribution in [0, 0.1) is 13.8 Å². The van der Waals surface area contributed by atoms with Gasteiger partial charge in [-0.2, -0.15) is 16.4 Å². The van der Waals surface area contributed by atoms with Gasteiger partial charge in [-0.3, -0.25) is 9.48 Å². The van der Waals surface area contributed by atoms with E-state index in [-0.39, 0.29) is 12.5 Å². The van der Waals surface area contributed by atoms with Crippen molar-refractivity contribution in [2.45, 2.75) is 32.8 Å². The molecule has 0 fully saturated rings. The molecular weight excluding hydrogens is 286 g/mol. The molecule has 0 aromatic carbocycles. The summed E-state index contributed by atoms with van der Waals surface area (Å²) in [6, 6.07) is 1.98. The van der Waals surface area contributed by atoms with E-state index in [4.69, 9.17) is 0 Å². The van der Waals surface area contributed by atoms with Crippen LogP contribution >= 0.6 is 11.3 Å². The van der Waals surface area contributed by atoms with Gasteiger partial charge in [0.1, 0.15) is 0 Å². The van der Waals surface area contributed by atoms with Gasteiger partial charge in [0.15, 0.2) is 0 Å². The molecule has 1 atom stereocenters. The molecular formula is C15H21N3O2S. The van der Waals surface area contributed by atoms with Gasteiger partial charge in [0.2, 0.25) is 0 Å². The topological polar surface area (TPSA) is 67.2 Å². The van der Waals surface area contributed by atoms with E-state index >= 15 is 0 Å². The summed E-state index contributed by atoms with van der Waals surface area (Å²) in [5, 5.41) is 21.4. The Labute approximate surface area is 128 Å². The van der Waals surface area contributed by atoms with Crippen LogP contribution in [0.4, 0.5) is 0 Å². The maximum atomic E-state index is 12.3. The lowest BCUT2D eigenvalue weighted by Crippen LogP contribution is -2.42. The summed E-state index contributed by atoms with van der Waals surface area (Å²) in [6.45, 7) is 5.60. The second-order valence-electron chi connectivity index (χ2n) is 5.66. The minimum atomic E-state index is -0.971. The maximum absolute atomic E-state index is 12.3. The number of carbonyl (C=O) groups excluding carboxylic acids is 1. The number of hydrogen-bond acceptors (Lipinski definition) is 4. The van der Waals surface area contributed by atoms with Crippen LogP contribution in [-0.4, -0.2) is 32.9 Å². The predicted molar refractivity (Wildman–Crippen MR) is 83.7 cm³/mol. The number of hydrogen-bond donors (Lipinski definition) is 2. The van der Waals surface area contributed by atoms with Gasteiger partial charge >= 0.3 is 0 Å². The zero-order valence-electron chi connectivity index (χ0n) is 12.8. The second-order valence-corrected chi connectivity index (χ2v) is 6.44. The molecule has 5 nitrogen and oxygen atoms in total. The summed E-state index contributed by atoms with van der Waals surface area (Å²) in [7, 11) is 1.81. The fourth-order valence-electron chi connectivity index (χ4n) is 2.36. The summed E-state index contributed by atoms with van der Waals surface area (Å²) >= 11 is 1.60. The van der Waals surface area contributed by atoms with Crippen molar-refractivity contribution in [1.29, 1.82) is 0 Å². The molecule has 0 radical (unpaired) electrons. The summed E-state index contributed by atoms with van der Waals surface area (Å²) in [6.07, 6.45) is 0.516. The van der Waals surface area contributed by atoms with Crippen molar-refractivity contribution in [2.24, 2.45) is 7.05 Å². The number of nitrogens with zero attached hydrogens (tertiary/aromatic N) is 2. The monoisotopic (exact) mass is 307 g/mol. The summed E-state index contributed by atoms with van der Waals surface area (Å²) in [4.78, 5) is 12.3. The summed E-state index contributed by atoms with van der Waals surface area (Å²) in [5.41, 5.74) is 2.21. The standard InChI is InChI=1S/C15H21N3O2S/c1-10-13(11(2)18(4)17-10)14(19)16-9-15(3,20)7-12-5-6-21-8-12/h5-6,8,20H,7,9H2,1-4H3,(H,16,19). The van der Waals surface area contributed by atoms with E-state index in [2.05, 4.69) is 10.4 Å². The number of carbonyl (C=O) groups is 1. The van der Waals surface area contributed by atoms with Gasteiger partial charge in [-0.25, -0.2) is 0 Å². The fraction of sp³-hybridized carbons (Fsp3) is 0.467. The quantitative estimate of drug-likeness (QED) is 0.885. The molecule has 2 N–H and O–H groups in total. The average Bonchev–Trinajstić information content (AvgIpc) is 2.96. The first kappa shape index (κ1) is 15.7. The summed E-state index contributed by atoms with van der Waals surface area (Å²) in [5.74, 6) is -0.191. The third kappa shape index (κ3) is 3.71. The first-order chi connectivity index (χ1) is 9.80. The van der Waals surface area contributed by atoms with Crippen LogP contribution in [0.5, 0.6) is 0 Å². The number of aliphatic hydroxyl groups is 1. The van der Waals surface area contributed by atoms with Gasteiger partial charge in [-0.05, 0) is 43.2 Å². The Kier molecular flexibility index (Phi) is 4.49. The zero-order chi connectivity index (χ0) is 15.6. The lowest BCUT2D eigenvalue weighted by molar-refractivity contribution is 0.0553. The Morgan fingerprint density at radius 3 is 2.76 bits per heavy atom. The molecule has 2 aromatic heterocycles. The molecule has 0 bridgehead atoms. The summed E-state index contributed by atoms with van der Waals surface area (Å²) < 4.78 is 1.69. The molecule has 0 aliphatic carbocycles. The highest BCUT2D eigenvalue weighted by molar-refractivity contribution is 7.07. The molecule has 0 spiro atoms. The van der Waals surface area contributed by atoms with Crippen molar-refractivity contribution in [2.75, 3.05) is 6.54 Å². The molecule has 0 aliphatic rings. The van der Waals surface area contributed by atoms with Gasteiger partial charge in [0.05, 0.1) is 16.9 Å². The highest BCUT2D eigenvalue weighted by Gasteiger charge is 2.24. The number of rotatable bonds is 5. The van der Waals surface area contributed by atoms with Crippen LogP contribution in [-0.2, 0) is 13.5 Å². The van der Waals surface area contributed by atoms with Gasteiger partial charge in [-0.15, -0.1) is 0 Å². The van der Waals surface area contributed by atoms with E-state index < -0.39 is 5.60 Å². The Bertz CT molecular complexity index is 630. The van der Waals surface area contributed by atoms with E-state index in [9.17, 15) is 9.90 Å². The number of aryl methyl sites for hydroxylation is 2. The molecule has 1 unspecified atom stereocenters. The largest absolute Gasteiger partial charge is 0.388 e. The van der Waals surface area contributed by atoms with E-state index in [1.165, 1.54) is 0 Å². The molecule has 2 rings (SSSR count). The van der Waals surface area contributed by atoms with Crippen LogP contribution in [0.2, 0.25) is 0 Å². The molecule has 2 heterocycles. The first-order valence-corrected chi connectivity index (χ1v) is 7.76. The highest BCUT2D eigenvalue weighted by Crippen LogP contribution is 2.16. The molecule has 114 valence electrons. The Balaban J connectivity index is 2.00. The molecule has 6 heteroatoms. The van der Waals surface area contributed by atoms with Crippen LogP contribution in [0.25, 0.3) is 0 Å². The number of thiophene rings is 1. The smallest absolute Gasteiger partial charge is 0.255 e. The Hall–Kier alpha value is -1.66. The number of amides is 1. The number of aromatic nitrogens is 2. The van der Waals surface area contributed by atoms with E-state index in [1.54, 1.807) is 22.9 Å². The maximum Gasteiger partial charge on any atom is 0.255 e.